The van der Waals surface area contributed by atoms with Gasteiger partial charge in [0.05, 0.1) is 0 Å². The molecule has 0 radical (unpaired) electrons. The van der Waals surface area contributed by atoms with Crippen LogP contribution in [0.25, 0.3) is 0 Å². The number of thioether (sulfide) groups is 1. The quantitative estimate of drug-likeness (QED) is 0.695. The van der Waals surface area contributed by atoms with Crippen LogP contribution in [0.2, 0.25) is 0 Å². The summed E-state index contributed by atoms with van der Waals surface area (Å²) < 4.78 is 0.306. The van der Waals surface area contributed by atoms with Crippen LogP contribution in [0.3, 0.4) is 0 Å². The van der Waals surface area contributed by atoms with E-state index in [0.29, 0.717) is 17.1 Å². The number of aliphatic carboxylic acids is 1. The van der Waals surface area contributed by atoms with E-state index in [1.165, 1.54) is 0 Å². The Morgan fingerprint density at radius 3 is 2.73 bits per heavy atom. The number of hydrogen-bond acceptors (Lipinski definition) is 2. The first kappa shape index (κ1) is 8.91. The van der Waals surface area contributed by atoms with Crippen LogP contribution < -0.4 is 0 Å². The van der Waals surface area contributed by atoms with E-state index in [4.69, 9.17) is 5.11 Å². The molecule has 0 aromatic heterocycles. The zero-order valence-electron chi connectivity index (χ0n) is 6.96. The van der Waals surface area contributed by atoms with Gasteiger partial charge in [-0.15, -0.1) is 0 Å². The molecule has 11 heavy (non-hydrogen) atoms. The third kappa shape index (κ3) is 2.73. The van der Waals surface area contributed by atoms with Crippen LogP contribution >= 0.6 is 11.8 Å². The lowest BCUT2D eigenvalue weighted by molar-refractivity contribution is -0.137. The molecule has 1 N–H and O–H groups in total. The summed E-state index contributed by atoms with van der Waals surface area (Å²) in [5.74, 6) is 0.750. The Balaban J connectivity index is 2.36. The second kappa shape index (κ2) is 3.05. The molecule has 0 aromatic carbocycles. The standard InChI is InChI=1S/C8H14O2S/c1-8(2)4-6(5-11-8)3-7(9)10/h6H,3-5H2,1-2H3,(H,9,10). The lowest BCUT2D eigenvalue weighted by Crippen LogP contribution is -2.12. The summed E-state index contributed by atoms with van der Waals surface area (Å²) in [6.45, 7) is 4.36. The normalized spacial score (nSPS) is 28.7. The molecule has 0 bridgehead atoms. The molecule has 0 amide bonds. The van der Waals surface area contributed by atoms with Crippen LogP contribution in [0.1, 0.15) is 26.7 Å². The third-order valence-electron chi connectivity index (χ3n) is 1.95. The van der Waals surface area contributed by atoms with Crippen LogP contribution in [0.15, 0.2) is 0 Å². The summed E-state index contributed by atoms with van der Waals surface area (Å²) in [5, 5.41) is 8.53. The fourth-order valence-electron chi connectivity index (χ4n) is 1.53. The fraction of sp³-hybridized carbons (Fsp3) is 0.875. The molecule has 1 aliphatic rings. The average molecular weight is 174 g/mol. The Labute approximate surface area is 71.4 Å². The molecule has 1 fully saturated rings. The second-order valence-electron chi connectivity index (χ2n) is 3.74. The highest BCUT2D eigenvalue weighted by Crippen LogP contribution is 2.41. The van der Waals surface area contributed by atoms with Crippen molar-refractivity contribution >= 4 is 17.7 Å². The predicted octanol–water partition coefficient (Wildman–Crippen LogP) is 1.99. The number of rotatable bonds is 2. The molecule has 1 saturated heterocycles. The molecule has 0 spiro atoms. The van der Waals surface area contributed by atoms with Crippen molar-refractivity contribution in [3.63, 3.8) is 0 Å². The maximum Gasteiger partial charge on any atom is 0.303 e. The van der Waals surface area contributed by atoms with Gasteiger partial charge in [0, 0.05) is 11.2 Å². The van der Waals surface area contributed by atoms with Gasteiger partial charge in [-0.3, -0.25) is 4.79 Å². The fourth-order valence-corrected chi connectivity index (χ4v) is 2.81. The zero-order chi connectivity index (χ0) is 8.48. The molecule has 64 valence electrons. The van der Waals surface area contributed by atoms with E-state index in [0.717, 1.165) is 12.2 Å². The molecule has 0 aromatic rings. The van der Waals surface area contributed by atoms with Crippen molar-refractivity contribution in [1.29, 1.82) is 0 Å². The van der Waals surface area contributed by atoms with Gasteiger partial charge in [-0.25, -0.2) is 0 Å². The first-order valence-corrected chi connectivity index (χ1v) is 4.84. The lowest BCUT2D eigenvalue weighted by Gasteiger charge is -2.14. The molecule has 3 heteroatoms. The minimum absolute atomic E-state index is 0.306. The van der Waals surface area contributed by atoms with Gasteiger partial charge in [0.2, 0.25) is 0 Å². The molecule has 1 aliphatic heterocycles. The Kier molecular flexibility index (Phi) is 2.47. The van der Waals surface area contributed by atoms with Gasteiger partial charge >= 0.3 is 5.97 Å². The van der Waals surface area contributed by atoms with E-state index in [9.17, 15) is 4.79 Å². The summed E-state index contributed by atoms with van der Waals surface area (Å²) in [7, 11) is 0. The number of carboxylic acid groups (broad SMARTS) is 1. The highest BCUT2D eigenvalue weighted by Gasteiger charge is 2.32. The van der Waals surface area contributed by atoms with Crippen LogP contribution in [-0.2, 0) is 4.79 Å². The van der Waals surface area contributed by atoms with Gasteiger partial charge in [-0.2, -0.15) is 11.8 Å². The predicted molar refractivity (Wildman–Crippen MR) is 46.9 cm³/mol. The van der Waals surface area contributed by atoms with E-state index >= 15 is 0 Å². The van der Waals surface area contributed by atoms with Crippen LogP contribution in [0.4, 0.5) is 0 Å². The Morgan fingerprint density at radius 1 is 1.73 bits per heavy atom. The largest absolute Gasteiger partial charge is 0.481 e. The number of carbonyl (C=O) groups is 1. The van der Waals surface area contributed by atoms with Gasteiger partial charge in [-0.05, 0) is 18.1 Å². The Hall–Kier alpha value is -0.180. The number of hydrogen-bond donors (Lipinski definition) is 1. The first-order valence-electron chi connectivity index (χ1n) is 3.85. The van der Waals surface area contributed by atoms with E-state index in [1.54, 1.807) is 0 Å². The summed E-state index contributed by atoms with van der Waals surface area (Å²) in [6.07, 6.45) is 1.39. The Morgan fingerprint density at radius 2 is 2.36 bits per heavy atom. The molecular weight excluding hydrogens is 160 g/mol. The molecule has 1 unspecified atom stereocenters. The SMILES string of the molecule is CC1(C)CC(CC(=O)O)CS1. The van der Waals surface area contributed by atoms with Gasteiger partial charge in [0.1, 0.15) is 0 Å². The summed E-state index contributed by atoms with van der Waals surface area (Å²) >= 11 is 1.89. The summed E-state index contributed by atoms with van der Waals surface area (Å²) in [5.41, 5.74) is 0. The molecule has 0 aliphatic carbocycles. The lowest BCUT2D eigenvalue weighted by atomic mass is 9.96. The summed E-state index contributed by atoms with van der Waals surface area (Å²) in [6, 6.07) is 0. The van der Waals surface area contributed by atoms with Crippen molar-refractivity contribution in [3.8, 4) is 0 Å². The summed E-state index contributed by atoms with van der Waals surface area (Å²) in [4.78, 5) is 10.4. The van der Waals surface area contributed by atoms with Crippen molar-refractivity contribution in [2.75, 3.05) is 5.75 Å². The van der Waals surface area contributed by atoms with Crippen molar-refractivity contribution in [1.82, 2.24) is 0 Å². The monoisotopic (exact) mass is 174 g/mol. The minimum atomic E-state index is -0.659. The van der Waals surface area contributed by atoms with Gasteiger partial charge in [0.15, 0.2) is 0 Å². The molecule has 2 nitrogen and oxygen atoms in total. The smallest absolute Gasteiger partial charge is 0.303 e. The van der Waals surface area contributed by atoms with Crippen LogP contribution in [-0.4, -0.2) is 21.6 Å². The van der Waals surface area contributed by atoms with Gasteiger partial charge < -0.3 is 5.11 Å². The highest BCUT2D eigenvalue weighted by molar-refractivity contribution is 8.00. The number of carboxylic acids is 1. The zero-order valence-corrected chi connectivity index (χ0v) is 7.78. The van der Waals surface area contributed by atoms with Gasteiger partial charge in [-0.1, -0.05) is 13.8 Å². The molecular formula is C8H14O2S. The van der Waals surface area contributed by atoms with Crippen LogP contribution in [0.5, 0.6) is 0 Å². The van der Waals surface area contributed by atoms with Crippen molar-refractivity contribution in [3.05, 3.63) is 0 Å². The van der Waals surface area contributed by atoms with Gasteiger partial charge in [0.25, 0.3) is 0 Å². The van der Waals surface area contributed by atoms with E-state index < -0.39 is 5.97 Å². The van der Waals surface area contributed by atoms with E-state index in [2.05, 4.69) is 13.8 Å². The van der Waals surface area contributed by atoms with Crippen molar-refractivity contribution in [2.24, 2.45) is 5.92 Å². The van der Waals surface area contributed by atoms with Crippen molar-refractivity contribution < 1.29 is 9.90 Å². The molecule has 0 saturated carbocycles. The second-order valence-corrected chi connectivity index (χ2v) is 5.47. The Bertz CT molecular complexity index is 165. The topological polar surface area (TPSA) is 37.3 Å². The first-order chi connectivity index (χ1) is 4.99. The maximum atomic E-state index is 10.4. The van der Waals surface area contributed by atoms with Crippen LogP contribution in [0, 0.1) is 5.92 Å². The molecule has 1 atom stereocenters. The molecule has 1 rings (SSSR count). The minimum Gasteiger partial charge on any atom is -0.481 e. The highest BCUT2D eigenvalue weighted by atomic mass is 32.2. The van der Waals surface area contributed by atoms with E-state index in [-0.39, 0.29) is 0 Å². The molecule has 1 heterocycles. The average Bonchev–Trinajstić information content (AvgIpc) is 2.08. The third-order valence-corrected chi connectivity index (χ3v) is 3.54. The van der Waals surface area contributed by atoms with E-state index in [1.807, 2.05) is 11.8 Å². The maximum absolute atomic E-state index is 10.4. The van der Waals surface area contributed by atoms with Crippen molar-refractivity contribution in [2.45, 2.75) is 31.4 Å².